The monoisotopic (exact) mass is 433 g/mol. The van der Waals surface area contributed by atoms with Gasteiger partial charge in [-0.15, -0.1) is 0 Å². The average Bonchev–Trinajstić information content (AvgIpc) is 3.44. The quantitative estimate of drug-likeness (QED) is 0.714. The number of halogens is 1. The van der Waals surface area contributed by atoms with E-state index in [1.54, 1.807) is 23.9 Å². The largest absolute Gasteiger partial charge is 0.323 e. The molecule has 1 aliphatic carbocycles. The number of carbonyl (C=O) groups is 3. The summed E-state index contributed by atoms with van der Waals surface area (Å²) in [7, 11) is 0. The van der Waals surface area contributed by atoms with Crippen molar-refractivity contribution < 1.29 is 14.4 Å². The maximum absolute atomic E-state index is 13.7. The standard InChI is InChI=1S/C21H24ClN3O3S/c1-29-10-9-14-15-16(19(27)25(18(15)26)11-5-2-3-6-11)21(24-14)12-7-4-8-13(22)17(12)23-20(21)28/h4,7-8,11,14-16,24H,2-3,5-6,9-10H2,1H3,(H,23,28)/t14-,15-,16-,21-/m1/s1. The topological polar surface area (TPSA) is 78.5 Å². The molecule has 4 aliphatic rings. The number of imide groups is 1. The first kappa shape index (κ1) is 19.4. The van der Waals surface area contributed by atoms with Crippen LogP contribution in [0.2, 0.25) is 5.02 Å². The summed E-state index contributed by atoms with van der Waals surface area (Å²) >= 11 is 8.05. The molecule has 29 heavy (non-hydrogen) atoms. The molecule has 0 aromatic heterocycles. The highest BCUT2D eigenvalue weighted by molar-refractivity contribution is 7.98. The molecule has 5 rings (SSSR count). The molecule has 1 spiro atoms. The van der Waals surface area contributed by atoms with Gasteiger partial charge in [0.05, 0.1) is 22.5 Å². The number of amides is 3. The minimum Gasteiger partial charge on any atom is -0.323 e. The molecule has 0 radical (unpaired) electrons. The van der Waals surface area contributed by atoms with Crippen LogP contribution in [-0.2, 0) is 19.9 Å². The van der Waals surface area contributed by atoms with E-state index < -0.39 is 17.4 Å². The van der Waals surface area contributed by atoms with Crippen LogP contribution in [0.1, 0.15) is 37.7 Å². The number of hydrogen-bond donors (Lipinski definition) is 2. The first-order valence-electron chi connectivity index (χ1n) is 10.2. The lowest BCUT2D eigenvalue weighted by Crippen LogP contribution is -2.54. The van der Waals surface area contributed by atoms with Crippen LogP contribution in [0.25, 0.3) is 0 Å². The van der Waals surface area contributed by atoms with Gasteiger partial charge in [0.2, 0.25) is 17.7 Å². The Morgan fingerprint density at radius 2 is 1.97 bits per heavy atom. The Bertz CT molecular complexity index is 903. The second kappa shape index (κ2) is 7.00. The smallest absolute Gasteiger partial charge is 0.250 e. The van der Waals surface area contributed by atoms with E-state index >= 15 is 0 Å². The van der Waals surface area contributed by atoms with Gasteiger partial charge in [0.1, 0.15) is 5.54 Å². The van der Waals surface area contributed by atoms with Gasteiger partial charge < -0.3 is 5.32 Å². The molecule has 1 saturated carbocycles. The maximum Gasteiger partial charge on any atom is 0.250 e. The average molecular weight is 434 g/mol. The van der Waals surface area contributed by atoms with E-state index in [0.29, 0.717) is 16.3 Å². The number of fused-ring (bicyclic) bond motifs is 4. The SMILES string of the molecule is CSCC[C@H]1N[C@@]2(C(=O)Nc3c(Cl)cccc32)[C@H]2C(=O)N(C3CCCC3)C(=O)[C@H]12. The van der Waals surface area contributed by atoms with Crippen LogP contribution in [0.5, 0.6) is 0 Å². The molecular formula is C21H24ClN3O3S. The molecule has 2 saturated heterocycles. The fourth-order valence-electron chi connectivity index (χ4n) is 5.83. The van der Waals surface area contributed by atoms with Crippen LogP contribution in [0.4, 0.5) is 5.69 Å². The molecule has 3 aliphatic heterocycles. The molecule has 2 N–H and O–H groups in total. The van der Waals surface area contributed by atoms with Crippen molar-refractivity contribution in [2.24, 2.45) is 11.8 Å². The van der Waals surface area contributed by atoms with Crippen LogP contribution in [0, 0.1) is 11.8 Å². The van der Waals surface area contributed by atoms with Crippen molar-refractivity contribution in [3.8, 4) is 0 Å². The molecule has 3 heterocycles. The van der Waals surface area contributed by atoms with Crippen molar-refractivity contribution in [3.05, 3.63) is 28.8 Å². The van der Waals surface area contributed by atoms with Gasteiger partial charge in [0.15, 0.2) is 0 Å². The maximum atomic E-state index is 13.7. The normalized spacial score (nSPS) is 33.7. The predicted octanol–water partition coefficient (Wildman–Crippen LogP) is 2.76. The Balaban J connectivity index is 1.63. The van der Waals surface area contributed by atoms with Crippen molar-refractivity contribution in [2.75, 3.05) is 17.3 Å². The summed E-state index contributed by atoms with van der Waals surface area (Å²) in [6, 6.07) is 5.12. The van der Waals surface area contributed by atoms with Crippen molar-refractivity contribution in [1.82, 2.24) is 10.2 Å². The molecule has 1 aromatic carbocycles. The van der Waals surface area contributed by atoms with Crippen LogP contribution < -0.4 is 10.6 Å². The molecule has 6 nitrogen and oxygen atoms in total. The molecular weight excluding hydrogens is 410 g/mol. The summed E-state index contributed by atoms with van der Waals surface area (Å²) in [5.74, 6) is -0.962. The second-order valence-corrected chi connectivity index (χ2v) is 9.84. The number of anilines is 1. The highest BCUT2D eigenvalue weighted by Gasteiger charge is 2.70. The highest BCUT2D eigenvalue weighted by Crippen LogP contribution is 2.55. The first-order chi connectivity index (χ1) is 14.0. The van der Waals surface area contributed by atoms with Gasteiger partial charge in [-0.05, 0) is 37.3 Å². The molecule has 0 bridgehead atoms. The summed E-state index contributed by atoms with van der Waals surface area (Å²) in [4.78, 5) is 42.0. The van der Waals surface area contributed by atoms with Crippen LogP contribution in [0.15, 0.2) is 18.2 Å². The van der Waals surface area contributed by atoms with E-state index in [2.05, 4.69) is 10.6 Å². The minimum atomic E-state index is -1.23. The number of para-hydroxylation sites is 1. The lowest BCUT2D eigenvalue weighted by molar-refractivity contribution is -0.145. The Kier molecular flexibility index (Phi) is 4.68. The summed E-state index contributed by atoms with van der Waals surface area (Å²) in [5, 5.41) is 6.79. The van der Waals surface area contributed by atoms with E-state index in [-0.39, 0.29) is 29.8 Å². The zero-order chi connectivity index (χ0) is 20.3. The Labute approximate surface area is 179 Å². The fourth-order valence-corrected chi connectivity index (χ4v) is 6.54. The van der Waals surface area contributed by atoms with Crippen LogP contribution in [-0.4, -0.2) is 46.7 Å². The van der Waals surface area contributed by atoms with E-state index in [4.69, 9.17) is 11.6 Å². The third-order valence-electron chi connectivity index (χ3n) is 7.06. The molecule has 8 heteroatoms. The molecule has 3 fully saturated rings. The van der Waals surface area contributed by atoms with Gasteiger partial charge in [-0.25, -0.2) is 0 Å². The van der Waals surface area contributed by atoms with E-state index in [1.807, 2.05) is 12.3 Å². The molecule has 4 atom stereocenters. The zero-order valence-electron chi connectivity index (χ0n) is 16.2. The number of carbonyl (C=O) groups excluding carboxylic acids is 3. The molecule has 154 valence electrons. The highest BCUT2D eigenvalue weighted by atomic mass is 35.5. The zero-order valence-corrected chi connectivity index (χ0v) is 17.8. The predicted molar refractivity (Wildman–Crippen MR) is 113 cm³/mol. The lowest BCUT2D eigenvalue weighted by Gasteiger charge is -2.31. The number of thioether (sulfide) groups is 1. The van der Waals surface area contributed by atoms with Crippen LogP contribution >= 0.6 is 23.4 Å². The van der Waals surface area contributed by atoms with Crippen molar-refractivity contribution in [1.29, 1.82) is 0 Å². The van der Waals surface area contributed by atoms with Gasteiger partial charge in [-0.3, -0.25) is 24.6 Å². The molecule has 3 amide bonds. The third-order valence-corrected chi connectivity index (χ3v) is 8.02. The van der Waals surface area contributed by atoms with Gasteiger partial charge >= 0.3 is 0 Å². The Hall–Kier alpha value is -1.57. The summed E-state index contributed by atoms with van der Waals surface area (Å²) < 4.78 is 0. The number of benzene rings is 1. The number of rotatable bonds is 4. The van der Waals surface area contributed by atoms with Crippen LogP contribution in [0.3, 0.4) is 0 Å². The van der Waals surface area contributed by atoms with Gasteiger partial charge in [-0.2, -0.15) is 11.8 Å². The van der Waals surface area contributed by atoms with E-state index in [1.165, 1.54) is 4.90 Å². The Morgan fingerprint density at radius 3 is 2.69 bits per heavy atom. The molecule has 1 aromatic rings. The number of likely N-dealkylation sites (tertiary alicyclic amines) is 1. The number of hydrogen-bond acceptors (Lipinski definition) is 5. The van der Waals surface area contributed by atoms with Crippen molar-refractivity contribution in [3.63, 3.8) is 0 Å². The summed E-state index contributed by atoms with van der Waals surface area (Å²) in [6.07, 6.45) is 6.55. The van der Waals surface area contributed by atoms with E-state index in [9.17, 15) is 14.4 Å². The molecule has 0 unspecified atom stereocenters. The van der Waals surface area contributed by atoms with Gasteiger partial charge in [0, 0.05) is 17.6 Å². The van der Waals surface area contributed by atoms with Gasteiger partial charge in [-0.1, -0.05) is 36.6 Å². The van der Waals surface area contributed by atoms with Crippen molar-refractivity contribution >= 4 is 46.8 Å². The van der Waals surface area contributed by atoms with Gasteiger partial charge in [0.25, 0.3) is 0 Å². The first-order valence-corrected chi connectivity index (χ1v) is 12.0. The third kappa shape index (κ3) is 2.56. The van der Waals surface area contributed by atoms with E-state index in [0.717, 1.165) is 37.9 Å². The Morgan fingerprint density at radius 1 is 1.21 bits per heavy atom. The number of nitrogens with one attached hydrogen (secondary N) is 2. The number of nitrogens with zero attached hydrogens (tertiary/aromatic N) is 1. The summed E-state index contributed by atoms with van der Waals surface area (Å²) in [6.45, 7) is 0. The van der Waals surface area contributed by atoms with Crippen molar-refractivity contribution in [2.45, 2.75) is 49.7 Å². The minimum absolute atomic E-state index is 0.0258. The lowest BCUT2D eigenvalue weighted by atomic mass is 9.76. The fraction of sp³-hybridized carbons (Fsp3) is 0.571. The summed E-state index contributed by atoms with van der Waals surface area (Å²) in [5.41, 5.74) is 0.00946. The second-order valence-electron chi connectivity index (χ2n) is 8.45.